The molecular weight excluding hydrogens is 300 g/mol. The molecule has 6 nitrogen and oxygen atoms in total. The van der Waals surface area contributed by atoms with Gasteiger partial charge >= 0.3 is 0 Å². The summed E-state index contributed by atoms with van der Waals surface area (Å²) in [6.07, 6.45) is 5.83. The van der Waals surface area contributed by atoms with E-state index < -0.39 is 10.0 Å². The van der Waals surface area contributed by atoms with E-state index in [1.54, 1.807) is 10.5 Å². The average molecular weight is 322 g/mol. The van der Waals surface area contributed by atoms with E-state index in [-0.39, 0.29) is 6.04 Å². The molecule has 1 fully saturated rings. The van der Waals surface area contributed by atoms with Crippen LogP contribution in [0.15, 0.2) is 24.5 Å². The Kier molecular flexibility index (Phi) is 3.86. The van der Waals surface area contributed by atoms with Gasteiger partial charge in [-0.05, 0) is 24.5 Å². The number of hydrogen-bond acceptors (Lipinski definition) is 4. The third-order valence-corrected chi connectivity index (χ3v) is 5.93. The Labute approximate surface area is 131 Å². The van der Waals surface area contributed by atoms with Crippen LogP contribution in [0.25, 0.3) is 11.0 Å². The number of fused-ring (bicyclic) bond motifs is 1. The van der Waals surface area contributed by atoms with E-state index in [4.69, 9.17) is 0 Å². The van der Waals surface area contributed by atoms with Crippen molar-refractivity contribution in [3.8, 4) is 0 Å². The Morgan fingerprint density at radius 2 is 2.18 bits per heavy atom. The summed E-state index contributed by atoms with van der Waals surface area (Å²) in [5.41, 5.74) is 1.94. The maximum Gasteiger partial charge on any atom is 0.211 e. The van der Waals surface area contributed by atoms with Gasteiger partial charge in [0, 0.05) is 49.6 Å². The van der Waals surface area contributed by atoms with Crippen molar-refractivity contribution in [3.05, 3.63) is 24.5 Å². The number of hydrogen-bond donors (Lipinski definition) is 1. The Morgan fingerprint density at radius 1 is 1.41 bits per heavy atom. The smallest absolute Gasteiger partial charge is 0.211 e. The van der Waals surface area contributed by atoms with Gasteiger partial charge in [-0.1, -0.05) is 6.92 Å². The first-order chi connectivity index (χ1) is 10.4. The summed E-state index contributed by atoms with van der Waals surface area (Å²) in [6, 6.07) is 4.15. The van der Waals surface area contributed by atoms with Crippen LogP contribution in [-0.4, -0.2) is 55.1 Å². The quantitative estimate of drug-likeness (QED) is 0.933. The SMILES string of the molecule is C[C@@H]1CCN(S(C)(=O)=O)C[C@@H]1N(C)c1ccnc2[nH]ccc12. The largest absolute Gasteiger partial charge is 0.369 e. The molecule has 0 aromatic carbocycles. The van der Waals surface area contributed by atoms with Crippen molar-refractivity contribution >= 4 is 26.7 Å². The molecular formula is C15H22N4O2S. The number of anilines is 1. The van der Waals surface area contributed by atoms with Gasteiger partial charge in [0.05, 0.1) is 6.26 Å². The average Bonchev–Trinajstić information content (AvgIpc) is 2.94. The summed E-state index contributed by atoms with van der Waals surface area (Å²) in [4.78, 5) is 9.63. The summed E-state index contributed by atoms with van der Waals surface area (Å²) in [5.74, 6) is 0.435. The van der Waals surface area contributed by atoms with Crippen molar-refractivity contribution < 1.29 is 8.42 Å². The highest BCUT2D eigenvalue weighted by atomic mass is 32.2. The highest BCUT2D eigenvalue weighted by Gasteiger charge is 2.33. The fourth-order valence-electron chi connectivity index (χ4n) is 3.26. The number of aromatic amines is 1. The second-order valence-corrected chi connectivity index (χ2v) is 8.12. The molecule has 1 saturated heterocycles. The van der Waals surface area contributed by atoms with Gasteiger partial charge in [0.15, 0.2) is 0 Å². The van der Waals surface area contributed by atoms with Crippen molar-refractivity contribution in [2.45, 2.75) is 19.4 Å². The van der Waals surface area contributed by atoms with Gasteiger partial charge in [-0.3, -0.25) is 0 Å². The number of nitrogens with one attached hydrogen (secondary N) is 1. The number of likely N-dealkylation sites (N-methyl/N-ethyl adjacent to an activating group) is 1. The predicted octanol–water partition coefficient (Wildman–Crippen LogP) is 1.67. The number of nitrogens with zero attached hydrogens (tertiary/aromatic N) is 3. The Balaban J connectivity index is 1.93. The Bertz CT molecular complexity index is 771. The van der Waals surface area contributed by atoms with Crippen molar-refractivity contribution in [2.24, 2.45) is 5.92 Å². The number of sulfonamides is 1. The second kappa shape index (κ2) is 5.55. The molecule has 0 unspecified atom stereocenters. The fraction of sp³-hybridized carbons (Fsp3) is 0.533. The third-order valence-electron chi connectivity index (χ3n) is 4.67. The lowest BCUT2D eigenvalue weighted by atomic mass is 9.93. The highest BCUT2D eigenvalue weighted by Crippen LogP contribution is 2.30. The molecule has 0 aliphatic carbocycles. The van der Waals surface area contributed by atoms with Crippen LogP contribution >= 0.6 is 0 Å². The lowest BCUT2D eigenvalue weighted by Gasteiger charge is -2.41. The number of rotatable bonds is 3. The maximum atomic E-state index is 11.9. The number of H-pyrrole nitrogens is 1. The van der Waals surface area contributed by atoms with Gasteiger partial charge in [-0.15, -0.1) is 0 Å². The van der Waals surface area contributed by atoms with Gasteiger partial charge in [0.1, 0.15) is 5.65 Å². The Morgan fingerprint density at radius 3 is 2.91 bits per heavy atom. The summed E-state index contributed by atoms with van der Waals surface area (Å²) in [6.45, 7) is 3.33. The van der Waals surface area contributed by atoms with Crippen LogP contribution in [-0.2, 0) is 10.0 Å². The van der Waals surface area contributed by atoms with Crippen LogP contribution in [0.3, 0.4) is 0 Å². The van der Waals surface area contributed by atoms with Crippen LogP contribution in [0, 0.1) is 5.92 Å². The summed E-state index contributed by atoms with van der Waals surface area (Å²) >= 11 is 0. The number of piperidine rings is 1. The van der Waals surface area contributed by atoms with Crippen LogP contribution in [0.5, 0.6) is 0 Å². The van der Waals surface area contributed by atoms with E-state index in [9.17, 15) is 8.42 Å². The molecule has 0 spiro atoms. The van der Waals surface area contributed by atoms with Gasteiger partial charge in [0.25, 0.3) is 0 Å². The molecule has 1 N–H and O–H groups in total. The molecule has 7 heteroatoms. The van der Waals surface area contributed by atoms with Crippen LogP contribution in [0.2, 0.25) is 0 Å². The highest BCUT2D eigenvalue weighted by molar-refractivity contribution is 7.88. The van der Waals surface area contributed by atoms with Gasteiger partial charge in [0.2, 0.25) is 10.0 Å². The minimum atomic E-state index is -3.14. The monoisotopic (exact) mass is 322 g/mol. The van der Waals surface area contributed by atoms with E-state index in [1.165, 1.54) is 6.26 Å². The minimum Gasteiger partial charge on any atom is -0.369 e. The van der Waals surface area contributed by atoms with E-state index >= 15 is 0 Å². The van der Waals surface area contributed by atoms with E-state index in [0.717, 1.165) is 23.1 Å². The lowest BCUT2D eigenvalue weighted by Crippen LogP contribution is -2.52. The van der Waals surface area contributed by atoms with Crippen LogP contribution in [0.4, 0.5) is 5.69 Å². The van der Waals surface area contributed by atoms with Gasteiger partial charge in [-0.25, -0.2) is 17.7 Å². The van der Waals surface area contributed by atoms with Crippen LogP contribution < -0.4 is 4.90 Å². The molecule has 0 radical (unpaired) electrons. The molecule has 2 atom stereocenters. The van der Waals surface area contributed by atoms with E-state index in [2.05, 4.69) is 21.8 Å². The second-order valence-electron chi connectivity index (χ2n) is 6.14. The standard InChI is InChI=1S/C15H22N4O2S/c1-11-6-9-19(22(3,20)21)10-14(11)18(2)13-5-8-17-15-12(13)4-7-16-15/h4-5,7-8,11,14H,6,9-10H2,1-3H3,(H,16,17)/t11-,14+/m1/s1. The first kappa shape index (κ1) is 15.3. The lowest BCUT2D eigenvalue weighted by molar-refractivity contribution is 0.249. The molecule has 0 amide bonds. The van der Waals surface area contributed by atoms with Crippen LogP contribution in [0.1, 0.15) is 13.3 Å². The molecule has 0 saturated carbocycles. The summed E-state index contributed by atoms with van der Waals surface area (Å²) < 4.78 is 25.3. The van der Waals surface area contributed by atoms with Gasteiger partial charge in [-0.2, -0.15) is 0 Å². The summed E-state index contributed by atoms with van der Waals surface area (Å²) in [7, 11) is -1.11. The zero-order valence-electron chi connectivity index (χ0n) is 13.2. The maximum absolute atomic E-state index is 11.9. The molecule has 3 heterocycles. The topological polar surface area (TPSA) is 69.3 Å². The van der Waals surface area contributed by atoms with Gasteiger partial charge < -0.3 is 9.88 Å². The molecule has 1 aliphatic rings. The summed E-state index contributed by atoms with van der Waals surface area (Å²) in [5, 5.41) is 1.06. The first-order valence-corrected chi connectivity index (χ1v) is 9.33. The normalized spacial score (nSPS) is 23.8. The molecule has 3 rings (SSSR count). The number of pyridine rings is 1. The number of aromatic nitrogens is 2. The van der Waals surface area contributed by atoms with Crippen molar-refractivity contribution in [3.63, 3.8) is 0 Å². The molecule has 1 aliphatic heterocycles. The molecule has 120 valence electrons. The zero-order chi connectivity index (χ0) is 15.9. The molecule has 0 bridgehead atoms. The third kappa shape index (κ3) is 2.70. The molecule has 22 heavy (non-hydrogen) atoms. The van der Waals surface area contributed by atoms with Crippen molar-refractivity contribution in [1.29, 1.82) is 0 Å². The molecule has 2 aromatic rings. The van der Waals surface area contributed by atoms with Crippen molar-refractivity contribution in [1.82, 2.24) is 14.3 Å². The fourth-order valence-corrected chi connectivity index (χ4v) is 4.12. The molecule has 2 aromatic heterocycles. The van der Waals surface area contributed by atoms with Crippen molar-refractivity contribution in [2.75, 3.05) is 31.3 Å². The Hall–Kier alpha value is -1.60. The predicted molar refractivity (Wildman–Crippen MR) is 88.5 cm³/mol. The van der Waals surface area contributed by atoms with E-state index in [1.807, 2.05) is 25.4 Å². The minimum absolute atomic E-state index is 0.156. The first-order valence-electron chi connectivity index (χ1n) is 7.48. The zero-order valence-corrected chi connectivity index (χ0v) is 14.0. The van der Waals surface area contributed by atoms with E-state index in [0.29, 0.717) is 19.0 Å².